The lowest BCUT2D eigenvalue weighted by atomic mass is 9.92. The van der Waals surface area contributed by atoms with Gasteiger partial charge < -0.3 is 4.74 Å². The number of ether oxygens (including phenoxy) is 1. The molecule has 24 heavy (non-hydrogen) atoms. The summed E-state index contributed by atoms with van der Waals surface area (Å²) >= 11 is -1.35. The summed E-state index contributed by atoms with van der Waals surface area (Å²) in [6.07, 6.45) is 5.68. The Bertz CT molecular complexity index is 554. The highest BCUT2D eigenvalue weighted by Crippen LogP contribution is 2.28. The molecule has 1 saturated carbocycles. The monoisotopic (exact) mass is 350 g/mol. The SMILES string of the molecule is CC.CC(C)=C/C=C(\C)S(=O)OC1CC(OCc2ccccc2)C1. The zero-order chi connectivity index (χ0) is 17.9. The zero-order valence-corrected chi connectivity index (χ0v) is 16.3. The van der Waals surface area contributed by atoms with Crippen LogP contribution < -0.4 is 0 Å². The third-order valence-corrected chi connectivity index (χ3v) is 4.63. The molecule has 1 aromatic carbocycles. The van der Waals surface area contributed by atoms with Crippen molar-refractivity contribution in [2.45, 2.75) is 66.3 Å². The van der Waals surface area contributed by atoms with Crippen LogP contribution in [0.4, 0.5) is 0 Å². The van der Waals surface area contributed by atoms with Gasteiger partial charge in [0.1, 0.15) is 0 Å². The van der Waals surface area contributed by atoms with Crippen molar-refractivity contribution in [2.75, 3.05) is 0 Å². The lowest BCUT2D eigenvalue weighted by Gasteiger charge is -2.34. The van der Waals surface area contributed by atoms with E-state index in [9.17, 15) is 4.21 Å². The van der Waals surface area contributed by atoms with Crippen LogP contribution in [0.3, 0.4) is 0 Å². The predicted molar refractivity (Wildman–Crippen MR) is 102 cm³/mol. The van der Waals surface area contributed by atoms with Gasteiger partial charge in [0, 0.05) is 17.7 Å². The van der Waals surface area contributed by atoms with E-state index in [1.54, 1.807) is 0 Å². The molecular formula is C20H30O3S. The fourth-order valence-corrected chi connectivity index (χ4v) is 2.79. The van der Waals surface area contributed by atoms with Crippen molar-refractivity contribution in [3.05, 3.63) is 58.5 Å². The Morgan fingerprint density at radius 2 is 1.71 bits per heavy atom. The molecule has 0 heterocycles. The summed E-state index contributed by atoms with van der Waals surface area (Å²) in [4.78, 5) is 0.745. The fraction of sp³-hybridized carbons (Fsp3) is 0.500. The first-order chi connectivity index (χ1) is 11.5. The Morgan fingerprint density at radius 3 is 2.29 bits per heavy atom. The van der Waals surface area contributed by atoms with Crippen molar-refractivity contribution in [1.82, 2.24) is 0 Å². The van der Waals surface area contributed by atoms with Crippen LogP contribution in [0, 0.1) is 0 Å². The van der Waals surface area contributed by atoms with Crippen LogP contribution in [0.2, 0.25) is 0 Å². The van der Waals surface area contributed by atoms with Gasteiger partial charge >= 0.3 is 0 Å². The van der Waals surface area contributed by atoms with Gasteiger partial charge in [-0.2, -0.15) is 0 Å². The van der Waals surface area contributed by atoms with Crippen LogP contribution in [-0.4, -0.2) is 16.4 Å². The molecule has 0 aromatic heterocycles. The maximum absolute atomic E-state index is 12.0. The first kappa shape index (κ1) is 20.8. The molecule has 1 unspecified atom stereocenters. The van der Waals surface area contributed by atoms with Crippen LogP contribution >= 0.6 is 0 Å². The van der Waals surface area contributed by atoms with Crippen molar-refractivity contribution in [1.29, 1.82) is 0 Å². The number of rotatable bonds is 7. The summed E-state index contributed by atoms with van der Waals surface area (Å²) in [5, 5.41) is 0. The van der Waals surface area contributed by atoms with Gasteiger partial charge in [0.2, 0.25) is 0 Å². The molecule has 0 radical (unpaired) electrons. The molecule has 0 amide bonds. The molecule has 0 aliphatic heterocycles. The average molecular weight is 351 g/mol. The van der Waals surface area contributed by atoms with Crippen LogP contribution in [0.5, 0.6) is 0 Å². The third-order valence-electron chi connectivity index (χ3n) is 3.52. The molecule has 1 aliphatic carbocycles. The number of hydrogen-bond donors (Lipinski definition) is 0. The van der Waals surface area contributed by atoms with Crippen LogP contribution in [0.1, 0.15) is 53.0 Å². The summed E-state index contributed by atoms with van der Waals surface area (Å²) in [6.45, 7) is 10.5. The van der Waals surface area contributed by atoms with Crippen LogP contribution in [-0.2, 0) is 26.6 Å². The summed E-state index contributed by atoms with van der Waals surface area (Å²) in [5.41, 5.74) is 2.35. The van der Waals surface area contributed by atoms with Gasteiger partial charge in [0.15, 0.2) is 11.1 Å². The van der Waals surface area contributed by atoms with Gasteiger partial charge in [-0.05, 0) is 32.4 Å². The van der Waals surface area contributed by atoms with Crippen molar-refractivity contribution >= 4 is 11.1 Å². The predicted octanol–water partition coefficient (Wildman–Crippen LogP) is 5.31. The standard InChI is InChI=1S/C18H24O3S.C2H6/c1-14(2)9-10-15(3)22(19)21-18-11-17(12-18)20-13-16-7-5-4-6-8-16;1-2/h4-10,17-18H,11-13H2,1-3H3;1-2H3/b15-10+;. The second-order valence-corrected chi connectivity index (χ2v) is 7.17. The molecule has 1 aliphatic rings. The molecule has 134 valence electrons. The van der Waals surface area contributed by atoms with E-state index in [1.165, 1.54) is 11.1 Å². The highest BCUT2D eigenvalue weighted by molar-refractivity contribution is 7.84. The Morgan fingerprint density at radius 1 is 1.08 bits per heavy atom. The van der Waals surface area contributed by atoms with E-state index in [0.29, 0.717) is 6.61 Å². The molecule has 1 atom stereocenters. The highest BCUT2D eigenvalue weighted by Gasteiger charge is 2.32. The molecule has 2 rings (SSSR count). The summed E-state index contributed by atoms with van der Waals surface area (Å²) in [6, 6.07) is 10.1. The van der Waals surface area contributed by atoms with Gasteiger partial charge in [-0.1, -0.05) is 55.8 Å². The van der Waals surface area contributed by atoms with Crippen LogP contribution in [0.15, 0.2) is 53.0 Å². The summed E-state index contributed by atoms with van der Waals surface area (Å²) < 4.78 is 23.4. The fourth-order valence-electron chi connectivity index (χ4n) is 2.06. The van der Waals surface area contributed by atoms with Gasteiger partial charge in [-0.15, -0.1) is 0 Å². The van der Waals surface area contributed by atoms with E-state index in [4.69, 9.17) is 8.92 Å². The van der Waals surface area contributed by atoms with Crippen molar-refractivity contribution in [3.8, 4) is 0 Å². The molecular weight excluding hydrogens is 320 g/mol. The second kappa shape index (κ2) is 11.3. The first-order valence-electron chi connectivity index (χ1n) is 8.61. The van der Waals surface area contributed by atoms with Gasteiger partial charge in [-0.3, -0.25) is 4.18 Å². The molecule has 4 heteroatoms. The minimum absolute atomic E-state index is 0.0386. The highest BCUT2D eigenvalue weighted by atomic mass is 32.2. The Balaban J connectivity index is 0.00000139. The lowest BCUT2D eigenvalue weighted by Crippen LogP contribution is -2.37. The second-order valence-electron chi connectivity index (χ2n) is 5.86. The Labute approximate surface area is 149 Å². The van der Waals surface area contributed by atoms with E-state index < -0.39 is 11.1 Å². The third kappa shape index (κ3) is 7.56. The van der Waals surface area contributed by atoms with Gasteiger partial charge in [0.25, 0.3) is 0 Å². The normalized spacial score (nSPS) is 21.1. The topological polar surface area (TPSA) is 35.5 Å². The lowest BCUT2D eigenvalue weighted by molar-refractivity contribution is -0.0645. The molecule has 0 spiro atoms. The molecule has 0 bridgehead atoms. The largest absolute Gasteiger partial charge is 0.373 e. The van der Waals surface area contributed by atoms with E-state index in [1.807, 2.05) is 65.0 Å². The van der Waals surface area contributed by atoms with Crippen molar-refractivity contribution < 1.29 is 13.1 Å². The molecule has 3 nitrogen and oxygen atoms in total. The van der Waals surface area contributed by atoms with Gasteiger partial charge in [0.05, 0.1) is 18.8 Å². The van der Waals surface area contributed by atoms with Crippen molar-refractivity contribution in [2.24, 2.45) is 0 Å². The smallest absolute Gasteiger partial charge is 0.184 e. The quantitative estimate of drug-likeness (QED) is 0.625. The minimum Gasteiger partial charge on any atom is -0.373 e. The van der Waals surface area contributed by atoms with E-state index >= 15 is 0 Å². The van der Waals surface area contributed by atoms with Crippen LogP contribution in [0.25, 0.3) is 0 Å². The maximum Gasteiger partial charge on any atom is 0.184 e. The number of hydrogen-bond acceptors (Lipinski definition) is 3. The number of allylic oxidation sites excluding steroid dienone is 4. The molecule has 0 N–H and O–H groups in total. The van der Waals surface area contributed by atoms with E-state index in [0.717, 1.165) is 17.7 Å². The van der Waals surface area contributed by atoms with Crippen molar-refractivity contribution in [3.63, 3.8) is 0 Å². The zero-order valence-electron chi connectivity index (χ0n) is 15.5. The van der Waals surface area contributed by atoms with E-state index in [2.05, 4.69) is 12.1 Å². The molecule has 1 fully saturated rings. The van der Waals surface area contributed by atoms with E-state index in [-0.39, 0.29) is 12.2 Å². The average Bonchev–Trinajstić information content (AvgIpc) is 2.57. The maximum atomic E-state index is 12.0. The molecule has 0 saturated heterocycles. The minimum atomic E-state index is -1.35. The van der Waals surface area contributed by atoms with Gasteiger partial charge in [-0.25, -0.2) is 4.21 Å². The Kier molecular flexibility index (Phi) is 9.84. The Hall–Kier alpha value is -1.23. The summed E-state index contributed by atoms with van der Waals surface area (Å²) in [7, 11) is 0. The summed E-state index contributed by atoms with van der Waals surface area (Å²) in [5.74, 6) is 0. The molecule has 1 aromatic rings. The first-order valence-corrected chi connectivity index (χ1v) is 9.68. The number of benzene rings is 1.